The van der Waals surface area contributed by atoms with E-state index < -0.39 is 52.7 Å². The molecule has 0 aromatic heterocycles. The fraction of sp³-hybridized carbons (Fsp3) is 0.180. The molecule has 4 aliphatic rings. The molecule has 0 radical (unpaired) electrons. The lowest BCUT2D eigenvalue weighted by molar-refractivity contribution is -0.138. The number of hydrogen-bond acceptors (Lipinski definition) is 8. The fourth-order valence-corrected chi connectivity index (χ4v) is 11.0. The smallest absolute Gasteiger partial charge is 0.260 e. The highest BCUT2D eigenvalue weighted by Crippen LogP contribution is 2.65. The molecule has 308 valence electrons. The molecule has 0 bridgehead atoms. The third kappa shape index (κ3) is 5.88. The van der Waals surface area contributed by atoms with Crippen LogP contribution in [0.4, 0.5) is 11.4 Å². The number of phenolic OH excluding ortho intramolecular Hbond substituents is 1. The van der Waals surface area contributed by atoms with Crippen molar-refractivity contribution in [2.24, 2.45) is 23.7 Å². The van der Waals surface area contributed by atoms with Crippen molar-refractivity contribution in [3.63, 3.8) is 0 Å². The van der Waals surface area contributed by atoms with Gasteiger partial charge in [-0.1, -0.05) is 108 Å². The first-order valence-corrected chi connectivity index (χ1v) is 21.0. The van der Waals surface area contributed by atoms with Gasteiger partial charge in [0, 0.05) is 27.6 Å². The number of aromatic hydroxyl groups is 1. The number of rotatable bonds is 8. The van der Waals surface area contributed by atoms with E-state index in [1.807, 2.05) is 36.4 Å². The Labute approximate surface area is 366 Å². The largest absolute Gasteiger partial charge is 0.508 e. The number of phenols is 1. The number of ketones is 1. The minimum Gasteiger partial charge on any atom is -0.508 e. The quantitative estimate of drug-likeness (QED) is 0.0880. The molecule has 2 saturated heterocycles. The van der Waals surface area contributed by atoms with Crippen LogP contribution < -0.4 is 15.1 Å². The molecule has 6 aromatic rings. The first-order chi connectivity index (χ1) is 30.0. The van der Waals surface area contributed by atoms with Crippen LogP contribution in [0.1, 0.15) is 45.8 Å². The number of nitrogens with one attached hydrogen (secondary N) is 1. The SMILES string of the molecule is COc1ccc(C23C(=O)N(Nc4ccc(Cl)cc4Cl)C(=O)C2CC2C(=CCC4C(=O)N(c5ccc(C(=O)c6ccccc6)cc5)C(=O)C42)C3c2c(O)ccc3ccccc23)cc1. The molecule has 10 nitrogen and oxygen atoms in total. The number of allylic oxidation sites excluding steroid dienone is 2. The molecular weight excluding hydrogens is 825 g/mol. The predicted octanol–water partition coefficient (Wildman–Crippen LogP) is 9.28. The Hall–Kier alpha value is -6.75. The predicted molar refractivity (Wildman–Crippen MR) is 235 cm³/mol. The summed E-state index contributed by atoms with van der Waals surface area (Å²) in [7, 11) is 1.54. The van der Waals surface area contributed by atoms with Gasteiger partial charge in [0.2, 0.25) is 11.8 Å². The Morgan fingerprint density at radius 3 is 2.21 bits per heavy atom. The van der Waals surface area contributed by atoms with Crippen LogP contribution in [0.25, 0.3) is 10.8 Å². The number of methoxy groups -OCH3 is 1. The number of ether oxygens (including phenoxy) is 1. The number of hydrogen-bond donors (Lipinski definition) is 2. The van der Waals surface area contributed by atoms with Crippen molar-refractivity contribution in [1.29, 1.82) is 0 Å². The molecule has 6 atom stereocenters. The van der Waals surface area contributed by atoms with Crippen LogP contribution in [-0.2, 0) is 24.6 Å². The summed E-state index contributed by atoms with van der Waals surface area (Å²) in [6.45, 7) is 0. The molecule has 10 rings (SSSR count). The number of anilines is 2. The molecule has 4 amide bonds. The molecule has 2 aliphatic heterocycles. The van der Waals surface area contributed by atoms with Gasteiger partial charge < -0.3 is 9.84 Å². The number of halogens is 2. The summed E-state index contributed by atoms with van der Waals surface area (Å²) < 4.78 is 5.52. The van der Waals surface area contributed by atoms with Crippen LogP contribution in [0.15, 0.2) is 145 Å². The molecule has 62 heavy (non-hydrogen) atoms. The van der Waals surface area contributed by atoms with Gasteiger partial charge >= 0.3 is 0 Å². The van der Waals surface area contributed by atoms with Crippen molar-refractivity contribution in [3.05, 3.63) is 177 Å². The first-order valence-electron chi connectivity index (χ1n) is 20.3. The van der Waals surface area contributed by atoms with Crippen LogP contribution in [-0.4, -0.2) is 46.6 Å². The van der Waals surface area contributed by atoms with Crippen LogP contribution in [0, 0.1) is 23.7 Å². The molecule has 6 unspecified atom stereocenters. The molecule has 2 aliphatic carbocycles. The number of carbonyl (C=O) groups excluding carboxylic acids is 5. The van der Waals surface area contributed by atoms with Gasteiger partial charge in [0.1, 0.15) is 11.5 Å². The van der Waals surface area contributed by atoms with Crippen molar-refractivity contribution in [2.45, 2.75) is 24.2 Å². The van der Waals surface area contributed by atoms with Gasteiger partial charge in [-0.3, -0.25) is 34.3 Å². The average molecular weight is 863 g/mol. The Kier molecular flexibility index (Phi) is 9.53. The highest BCUT2D eigenvalue weighted by Gasteiger charge is 2.71. The van der Waals surface area contributed by atoms with Crippen molar-refractivity contribution in [2.75, 3.05) is 17.4 Å². The van der Waals surface area contributed by atoms with Gasteiger partial charge in [-0.05, 0) is 95.8 Å². The maximum Gasteiger partial charge on any atom is 0.260 e. The maximum atomic E-state index is 15.7. The van der Waals surface area contributed by atoms with Crippen LogP contribution in [0.2, 0.25) is 10.0 Å². The second-order valence-electron chi connectivity index (χ2n) is 16.2. The monoisotopic (exact) mass is 861 g/mol. The van der Waals surface area contributed by atoms with E-state index in [4.69, 9.17) is 27.9 Å². The highest BCUT2D eigenvalue weighted by molar-refractivity contribution is 6.36. The fourth-order valence-electron chi connectivity index (χ4n) is 10.5. The number of carbonyl (C=O) groups is 5. The zero-order chi connectivity index (χ0) is 43.0. The number of nitrogens with zero attached hydrogens (tertiary/aromatic N) is 2. The molecule has 3 fully saturated rings. The minimum atomic E-state index is -1.67. The number of hydrazine groups is 1. The van der Waals surface area contributed by atoms with Crippen molar-refractivity contribution >= 4 is 74.8 Å². The topological polar surface area (TPSA) is 133 Å². The van der Waals surface area contributed by atoms with E-state index in [9.17, 15) is 19.5 Å². The second-order valence-corrected chi connectivity index (χ2v) is 17.0. The lowest BCUT2D eigenvalue weighted by Crippen LogP contribution is -2.53. The molecule has 0 spiro atoms. The van der Waals surface area contributed by atoms with Gasteiger partial charge in [-0.2, -0.15) is 5.01 Å². The summed E-state index contributed by atoms with van der Waals surface area (Å²) in [4.78, 5) is 74.8. The van der Waals surface area contributed by atoms with Gasteiger partial charge in [0.25, 0.3) is 11.8 Å². The van der Waals surface area contributed by atoms with Gasteiger partial charge in [-0.15, -0.1) is 0 Å². The van der Waals surface area contributed by atoms with Crippen LogP contribution >= 0.6 is 23.2 Å². The van der Waals surface area contributed by atoms with E-state index in [1.165, 1.54) is 18.1 Å². The number of fused-ring (bicyclic) bond motifs is 5. The van der Waals surface area contributed by atoms with E-state index in [0.29, 0.717) is 49.7 Å². The summed E-state index contributed by atoms with van der Waals surface area (Å²) in [6.07, 6.45) is 2.16. The number of imide groups is 2. The van der Waals surface area contributed by atoms with Crippen molar-refractivity contribution < 1.29 is 33.8 Å². The van der Waals surface area contributed by atoms with E-state index in [0.717, 1.165) is 10.4 Å². The van der Waals surface area contributed by atoms with Gasteiger partial charge in [0.05, 0.1) is 46.7 Å². The van der Waals surface area contributed by atoms with E-state index in [-0.39, 0.29) is 41.0 Å². The zero-order valence-corrected chi connectivity index (χ0v) is 34.6. The molecular formula is C50H37Cl2N3O7. The molecule has 2 N–H and O–H groups in total. The highest BCUT2D eigenvalue weighted by atomic mass is 35.5. The Morgan fingerprint density at radius 1 is 0.774 bits per heavy atom. The Morgan fingerprint density at radius 2 is 1.48 bits per heavy atom. The second kappa shape index (κ2) is 15.0. The third-order valence-electron chi connectivity index (χ3n) is 13.2. The average Bonchev–Trinajstić information content (AvgIpc) is 3.68. The van der Waals surface area contributed by atoms with E-state index in [1.54, 1.807) is 97.1 Å². The van der Waals surface area contributed by atoms with Gasteiger partial charge in [0.15, 0.2) is 5.78 Å². The molecule has 6 aromatic carbocycles. The lowest BCUT2D eigenvalue weighted by atomic mass is 9.48. The number of benzene rings is 6. The van der Waals surface area contributed by atoms with E-state index in [2.05, 4.69) is 5.43 Å². The van der Waals surface area contributed by atoms with E-state index >= 15 is 9.59 Å². The van der Waals surface area contributed by atoms with Gasteiger partial charge in [-0.25, -0.2) is 0 Å². The van der Waals surface area contributed by atoms with Crippen LogP contribution in [0.5, 0.6) is 11.5 Å². The first kappa shape index (κ1) is 39.4. The summed E-state index contributed by atoms with van der Waals surface area (Å²) >= 11 is 12.8. The maximum absolute atomic E-state index is 15.7. The normalized spacial score (nSPS) is 24.1. The summed E-state index contributed by atoms with van der Waals surface area (Å²) in [5, 5.41) is 15.1. The summed E-state index contributed by atoms with van der Waals surface area (Å²) in [5.74, 6) is -6.13. The summed E-state index contributed by atoms with van der Waals surface area (Å²) in [5.41, 5.74) is 4.48. The Bertz CT molecular complexity index is 2900. The van der Waals surface area contributed by atoms with Crippen molar-refractivity contribution in [3.8, 4) is 11.5 Å². The van der Waals surface area contributed by atoms with Crippen molar-refractivity contribution in [1.82, 2.24) is 5.01 Å². The Balaban J connectivity index is 1.13. The minimum absolute atomic E-state index is 0.0372. The standard InChI is InChI=1S/C50H37Cl2N3O7/c1-62-33-19-14-30(15-20-33)50-38(47(59)55(49(50)61)53-40-23-16-31(51)25-39(40)52)26-37-35(44(50)43-34-10-6-5-7-27(34)13-24-41(43)56)21-22-36-42(37)48(60)54(46(36)58)32-17-11-29(12-18-32)45(57)28-8-3-2-4-9-28/h2-21,23-25,36-38,42,44,53,56H,22,26H2,1H3. The zero-order valence-electron chi connectivity index (χ0n) is 33.1. The summed E-state index contributed by atoms with van der Waals surface area (Å²) in [6, 6.07) is 37.9. The molecule has 2 heterocycles. The lowest BCUT2D eigenvalue weighted by Gasteiger charge is -2.51. The molecule has 1 saturated carbocycles. The van der Waals surface area contributed by atoms with Crippen LogP contribution in [0.3, 0.4) is 0 Å². The molecule has 12 heteroatoms. The number of amides is 4. The third-order valence-corrected chi connectivity index (χ3v) is 13.8.